The van der Waals surface area contributed by atoms with E-state index in [4.69, 9.17) is 15.2 Å². The molecule has 0 spiro atoms. The molecule has 2 N–H and O–H groups in total. The van der Waals surface area contributed by atoms with Crippen LogP contribution in [0.1, 0.15) is 39.7 Å². The monoisotopic (exact) mass is 438 g/mol. The summed E-state index contributed by atoms with van der Waals surface area (Å²) in [6.45, 7) is 8.83. The largest absolute Gasteiger partial charge is 0.497 e. The van der Waals surface area contributed by atoms with Gasteiger partial charge in [0, 0.05) is 12.6 Å². The molecular weight excluding hydrogens is 408 g/mol. The molecule has 0 radical (unpaired) electrons. The summed E-state index contributed by atoms with van der Waals surface area (Å²) in [5, 5.41) is 9.04. The molecular formula is C23H30N6O3. The fourth-order valence-electron chi connectivity index (χ4n) is 3.91. The topological polar surface area (TPSA) is 100 Å². The van der Waals surface area contributed by atoms with Gasteiger partial charge in [-0.2, -0.15) is 10.2 Å². The van der Waals surface area contributed by atoms with Crippen LogP contribution in [0, 0.1) is 0 Å². The zero-order valence-corrected chi connectivity index (χ0v) is 19.2. The van der Waals surface area contributed by atoms with E-state index >= 15 is 0 Å². The summed E-state index contributed by atoms with van der Waals surface area (Å²) in [4.78, 5) is 14.8. The lowest BCUT2D eigenvalue weighted by Gasteiger charge is -2.35. The smallest absolute Gasteiger partial charge is 0.416 e. The fraction of sp³-hybridized carbons (Fsp3) is 0.435. The highest BCUT2D eigenvalue weighted by molar-refractivity contribution is 5.94. The van der Waals surface area contributed by atoms with Crippen molar-refractivity contribution in [2.24, 2.45) is 0 Å². The van der Waals surface area contributed by atoms with Crippen molar-refractivity contribution in [3.05, 3.63) is 42.2 Å². The quantitative estimate of drug-likeness (QED) is 0.663. The molecule has 32 heavy (non-hydrogen) atoms. The summed E-state index contributed by atoms with van der Waals surface area (Å²) < 4.78 is 14.6. The zero-order valence-electron chi connectivity index (χ0n) is 19.2. The van der Waals surface area contributed by atoms with Crippen LogP contribution in [0.5, 0.6) is 5.75 Å². The minimum Gasteiger partial charge on any atom is -0.497 e. The molecule has 1 aliphatic rings. The number of carbonyl (C=O) groups is 1. The van der Waals surface area contributed by atoms with Crippen molar-refractivity contribution in [1.82, 2.24) is 19.6 Å². The number of nitrogen functional groups attached to an aromatic ring is 1. The van der Waals surface area contributed by atoms with Crippen molar-refractivity contribution in [2.75, 3.05) is 17.7 Å². The Balaban J connectivity index is 1.74. The van der Waals surface area contributed by atoms with Gasteiger partial charge in [0.05, 0.1) is 43.0 Å². The Bertz CT molecular complexity index is 1110. The van der Waals surface area contributed by atoms with Gasteiger partial charge < -0.3 is 15.2 Å². The van der Waals surface area contributed by atoms with Crippen LogP contribution in [0.3, 0.4) is 0 Å². The standard InChI is InChI=1S/C23H30N6O3/c1-15-10-11-27-21(29(15)22(30)32-23(2,3)4)18(12-25-27)20-19(24)13-26-28(20)14-16-6-8-17(31-5)9-7-16/h6-9,12-13,15H,10-11,14,24H2,1-5H3. The molecule has 0 aliphatic carbocycles. The van der Waals surface area contributed by atoms with E-state index in [2.05, 4.69) is 10.2 Å². The maximum Gasteiger partial charge on any atom is 0.416 e. The Kier molecular flexibility index (Phi) is 5.58. The van der Waals surface area contributed by atoms with E-state index in [0.717, 1.165) is 29.0 Å². The first-order chi connectivity index (χ1) is 15.2. The fourth-order valence-corrected chi connectivity index (χ4v) is 3.91. The molecule has 1 aliphatic heterocycles. The molecule has 0 bridgehead atoms. The van der Waals surface area contributed by atoms with Crippen LogP contribution in [0.4, 0.5) is 16.3 Å². The Hall–Kier alpha value is -3.49. The van der Waals surface area contributed by atoms with Crippen molar-refractivity contribution < 1.29 is 14.3 Å². The Morgan fingerprint density at radius 1 is 1.19 bits per heavy atom. The summed E-state index contributed by atoms with van der Waals surface area (Å²) in [7, 11) is 1.64. The average molecular weight is 439 g/mol. The lowest BCUT2D eigenvalue weighted by atomic mass is 10.1. The number of fused-ring (bicyclic) bond motifs is 1. The van der Waals surface area contributed by atoms with Crippen molar-refractivity contribution in [2.45, 2.75) is 58.8 Å². The maximum atomic E-state index is 13.1. The van der Waals surface area contributed by atoms with Gasteiger partial charge in [0.25, 0.3) is 0 Å². The second-order valence-electron chi connectivity index (χ2n) is 9.05. The highest BCUT2D eigenvalue weighted by atomic mass is 16.6. The highest BCUT2D eigenvalue weighted by Gasteiger charge is 2.36. The number of hydrogen-bond acceptors (Lipinski definition) is 6. The van der Waals surface area contributed by atoms with E-state index < -0.39 is 11.7 Å². The van der Waals surface area contributed by atoms with Crippen molar-refractivity contribution in [1.29, 1.82) is 0 Å². The number of hydrogen-bond donors (Lipinski definition) is 1. The number of ether oxygens (including phenoxy) is 2. The van der Waals surface area contributed by atoms with Gasteiger partial charge in [-0.1, -0.05) is 12.1 Å². The highest BCUT2D eigenvalue weighted by Crippen LogP contribution is 2.39. The number of aromatic nitrogens is 4. The molecule has 1 atom stereocenters. The lowest BCUT2D eigenvalue weighted by molar-refractivity contribution is 0.0557. The third-order valence-corrected chi connectivity index (χ3v) is 5.44. The van der Waals surface area contributed by atoms with Crippen LogP contribution in [-0.4, -0.2) is 44.4 Å². The third-order valence-electron chi connectivity index (χ3n) is 5.44. The number of rotatable bonds is 4. The number of benzene rings is 1. The molecule has 4 rings (SSSR count). The van der Waals surface area contributed by atoms with Gasteiger partial charge in [0.2, 0.25) is 0 Å². The SMILES string of the molecule is COc1ccc(Cn2ncc(N)c2-c2cnn3c2N(C(=O)OC(C)(C)C)C(C)CC3)cc1. The van der Waals surface area contributed by atoms with Crippen LogP contribution in [0.2, 0.25) is 0 Å². The first kappa shape index (κ1) is 21.7. The van der Waals surface area contributed by atoms with Gasteiger partial charge in [-0.3, -0.25) is 9.58 Å². The molecule has 3 heterocycles. The third kappa shape index (κ3) is 4.15. The predicted octanol–water partition coefficient (Wildman–Crippen LogP) is 3.92. The zero-order chi connectivity index (χ0) is 23.0. The molecule has 9 heteroatoms. The van der Waals surface area contributed by atoms with Crippen LogP contribution in [0.15, 0.2) is 36.7 Å². The number of carbonyl (C=O) groups excluding carboxylic acids is 1. The number of amides is 1. The second-order valence-corrected chi connectivity index (χ2v) is 9.05. The van der Waals surface area contributed by atoms with E-state index in [0.29, 0.717) is 24.6 Å². The first-order valence-electron chi connectivity index (χ1n) is 10.7. The van der Waals surface area contributed by atoms with Crippen molar-refractivity contribution >= 4 is 17.6 Å². The molecule has 1 aromatic carbocycles. The van der Waals surface area contributed by atoms with Gasteiger partial charge in [0.15, 0.2) is 0 Å². The van der Waals surface area contributed by atoms with Crippen LogP contribution in [-0.2, 0) is 17.8 Å². The summed E-state index contributed by atoms with van der Waals surface area (Å²) in [6, 6.07) is 7.77. The van der Waals surface area contributed by atoms with Crippen molar-refractivity contribution in [3.8, 4) is 17.0 Å². The number of nitrogens with zero attached hydrogens (tertiary/aromatic N) is 5. The summed E-state index contributed by atoms with van der Waals surface area (Å²) in [5.41, 5.74) is 8.80. The van der Waals surface area contributed by atoms with Gasteiger partial charge >= 0.3 is 6.09 Å². The van der Waals surface area contributed by atoms with E-state index in [1.165, 1.54) is 0 Å². The van der Waals surface area contributed by atoms with Crippen molar-refractivity contribution in [3.63, 3.8) is 0 Å². The molecule has 1 amide bonds. The number of nitrogens with two attached hydrogens (primary N) is 1. The summed E-state index contributed by atoms with van der Waals surface area (Å²) >= 11 is 0. The Morgan fingerprint density at radius 2 is 1.91 bits per heavy atom. The summed E-state index contributed by atoms with van der Waals surface area (Å²) in [6.07, 6.45) is 3.77. The minimum atomic E-state index is -0.603. The van der Waals surface area contributed by atoms with Gasteiger partial charge in [-0.15, -0.1) is 0 Å². The van der Waals surface area contributed by atoms with Gasteiger partial charge in [0.1, 0.15) is 17.2 Å². The molecule has 170 valence electrons. The van der Waals surface area contributed by atoms with E-state index in [-0.39, 0.29) is 6.04 Å². The average Bonchev–Trinajstić information content (AvgIpc) is 3.30. The molecule has 1 unspecified atom stereocenters. The number of anilines is 2. The Morgan fingerprint density at radius 3 is 2.56 bits per heavy atom. The lowest BCUT2D eigenvalue weighted by Crippen LogP contribution is -2.46. The minimum absolute atomic E-state index is 0.0352. The summed E-state index contributed by atoms with van der Waals surface area (Å²) in [5.74, 6) is 1.47. The van der Waals surface area contributed by atoms with E-state index in [1.807, 2.05) is 61.3 Å². The molecule has 9 nitrogen and oxygen atoms in total. The number of methoxy groups -OCH3 is 1. The van der Waals surface area contributed by atoms with Crippen LogP contribution < -0.4 is 15.4 Å². The van der Waals surface area contributed by atoms with Crippen LogP contribution >= 0.6 is 0 Å². The first-order valence-corrected chi connectivity index (χ1v) is 10.7. The van der Waals surface area contributed by atoms with E-state index in [9.17, 15) is 4.79 Å². The second kappa shape index (κ2) is 8.22. The maximum absolute atomic E-state index is 13.1. The van der Waals surface area contributed by atoms with E-state index in [1.54, 1.807) is 24.4 Å². The van der Waals surface area contributed by atoms with Crippen LogP contribution in [0.25, 0.3) is 11.3 Å². The predicted molar refractivity (Wildman–Crippen MR) is 123 cm³/mol. The van der Waals surface area contributed by atoms with Gasteiger partial charge in [-0.05, 0) is 51.8 Å². The normalized spacial score (nSPS) is 16.0. The molecule has 0 saturated carbocycles. The molecule has 3 aromatic rings. The number of aryl methyl sites for hydroxylation is 1. The Labute approximate surface area is 187 Å². The molecule has 2 aromatic heterocycles. The molecule has 0 saturated heterocycles. The van der Waals surface area contributed by atoms with Gasteiger partial charge in [-0.25, -0.2) is 9.48 Å². The molecule has 0 fully saturated rings.